The SMILES string of the molecule is CC(C(=O)Nc1cc2c(cc1F)CCC(=O)N2)C(N)c1ccccc1.Cl. The zero-order valence-electron chi connectivity index (χ0n) is 14.3. The molecule has 0 fully saturated rings. The lowest BCUT2D eigenvalue weighted by Crippen LogP contribution is -2.31. The number of carbonyl (C=O) groups excluding carboxylic acids is 2. The smallest absolute Gasteiger partial charge is 0.229 e. The zero-order chi connectivity index (χ0) is 18.0. The van der Waals surface area contributed by atoms with Crippen LogP contribution in [-0.4, -0.2) is 11.8 Å². The highest BCUT2D eigenvalue weighted by Crippen LogP contribution is 2.29. The molecule has 0 saturated heterocycles. The second kappa shape index (κ2) is 8.29. The van der Waals surface area contributed by atoms with Gasteiger partial charge in [-0.3, -0.25) is 9.59 Å². The number of benzene rings is 2. The van der Waals surface area contributed by atoms with Gasteiger partial charge in [0.2, 0.25) is 11.8 Å². The molecule has 3 rings (SSSR count). The van der Waals surface area contributed by atoms with E-state index in [9.17, 15) is 14.0 Å². The minimum absolute atomic E-state index is 0. The summed E-state index contributed by atoms with van der Waals surface area (Å²) in [6, 6.07) is 11.6. The molecule has 1 heterocycles. The summed E-state index contributed by atoms with van der Waals surface area (Å²) < 4.78 is 14.3. The van der Waals surface area contributed by atoms with E-state index >= 15 is 0 Å². The number of nitrogens with one attached hydrogen (secondary N) is 2. The van der Waals surface area contributed by atoms with Crippen LogP contribution in [0.25, 0.3) is 0 Å². The first kappa shape index (κ1) is 19.9. The second-order valence-corrected chi connectivity index (χ2v) is 6.25. The topological polar surface area (TPSA) is 84.2 Å². The predicted octanol–water partition coefficient (Wildman–Crippen LogP) is 3.41. The van der Waals surface area contributed by atoms with Crippen LogP contribution in [-0.2, 0) is 16.0 Å². The van der Waals surface area contributed by atoms with Gasteiger partial charge in [0, 0.05) is 18.2 Å². The Balaban J connectivity index is 0.00000243. The first-order valence-corrected chi connectivity index (χ1v) is 8.19. The van der Waals surface area contributed by atoms with Gasteiger partial charge in [-0.05, 0) is 29.7 Å². The Morgan fingerprint density at radius 3 is 2.62 bits per heavy atom. The zero-order valence-corrected chi connectivity index (χ0v) is 15.1. The highest BCUT2D eigenvalue weighted by atomic mass is 35.5. The number of nitrogens with two attached hydrogens (primary N) is 1. The number of hydrogen-bond donors (Lipinski definition) is 3. The Bertz CT molecular complexity index is 814. The average Bonchev–Trinajstić information content (AvgIpc) is 2.62. The number of anilines is 2. The van der Waals surface area contributed by atoms with E-state index in [4.69, 9.17) is 5.73 Å². The standard InChI is InChI=1S/C19H20FN3O2.ClH/c1-11(18(21)12-5-3-2-4-6-12)19(25)23-16-10-15-13(9-14(16)20)7-8-17(24)22-15;/h2-6,9-11,18H,7-8,21H2,1H3,(H,22,24)(H,23,25);1H. The van der Waals surface area contributed by atoms with E-state index in [1.807, 2.05) is 30.3 Å². The molecule has 7 heteroatoms. The maximum absolute atomic E-state index is 14.3. The molecule has 26 heavy (non-hydrogen) atoms. The van der Waals surface area contributed by atoms with Crippen LogP contribution in [0.1, 0.15) is 30.5 Å². The van der Waals surface area contributed by atoms with E-state index in [0.717, 1.165) is 11.1 Å². The fourth-order valence-corrected chi connectivity index (χ4v) is 2.87. The number of halogens is 2. The van der Waals surface area contributed by atoms with Gasteiger partial charge in [0.1, 0.15) is 5.82 Å². The summed E-state index contributed by atoms with van der Waals surface area (Å²) in [7, 11) is 0. The molecule has 1 aliphatic rings. The van der Waals surface area contributed by atoms with E-state index < -0.39 is 17.8 Å². The van der Waals surface area contributed by atoms with Crippen molar-refractivity contribution in [3.05, 3.63) is 59.4 Å². The molecule has 0 aliphatic carbocycles. The van der Waals surface area contributed by atoms with Crippen molar-refractivity contribution in [1.29, 1.82) is 0 Å². The molecule has 2 aromatic rings. The monoisotopic (exact) mass is 377 g/mol. The Labute approximate surface area is 157 Å². The van der Waals surface area contributed by atoms with E-state index in [0.29, 0.717) is 18.5 Å². The van der Waals surface area contributed by atoms with Gasteiger partial charge in [0.25, 0.3) is 0 Å². The number of carbonyl (C=O) groups is 2. The molecule has 0 radical (unpaired) electrons. The van der Waals surface area contributed by atoms with Gasteiger partial charge in [-0.1, -0.05) is 37.3 Å². The predicted molar refractivity (Wildman–Crippen MR) is 102 cm³/mol. The van der Waals surface area contributed by atoms with Crippen LogP contribution >= 0.6 is 12.4 Å². The van der Waals surface area contributed by atoms with Crippen molar-refractivity contribution >= 4 is 35.6 Å². The molecule has 138 valence electrons. The summed E-state index contributed by atoms with van der Waals surface area (Å²) in [4.78, 5) is 24.0. The number of rotatable bonds is 4. The Morgan fingerprint density at radius 1 is 1.23 bits per heavy atom. The van der Waals surface area contributed by atoms with Crippen LogP contribution in [0.15, 0.2) is 42.5 Å². The van der Waals surface area contributed by atoms with Crippen LogP contribution in [0.5, 0.6) is 0 Å². The number of aryl methyl sites for hydroxylation is 1. The van der Waals surface area contributed by atoms with Crippen molar-refractivity contribution in [2.45, 2.75) is 25.8 Å². The van der Waals surface area contributed by atoms with E-state index in [1.165, 1.54) is 12.1 Å². The van der Waals surface area contributed by atoms with Gasteiger partial charge in [-0.25, -0.2) is 4.39 Å². The third-order valence-electron chi connectivity index (χ3n) is 4.48. The second-order valence-electron chi connectivity index (χ2n) is 6.25. The summed E-state index contributed by atoms with van der Waals surface area (Å²) in [6.45, 7) is 1.70. The van der Waals surface area contributed by atoms with Crippen molar-refractivity contribution in [2.75, 3.05) is 10.6 Å². The van der Waals surface area contributed by atoms with Gasteiger partial charge in [0.15, 0.2) is 0 Å². The van der Waals surface area contributed by atoms with Crippen molar-refractivity contribution in [3.63, 3.8) is 0 Å². The third-order valence-corrected chi connectivity index (χ3v) is 4.48. The van der Waals surface area contributed by atoms with Gasteiger partial charge < -0.3 is 16.4 Å². The van der Waals surface area contributed by atoms with Crippen molar-refractivity contribution in [2.24, 2.45) is 11.7 Å². The Morgan fingerprint density at radius 2 is 1.92 bits per heavy atom. The molecule has 2 unspecified atom stereocenters. The van der Waals surface area contributed by atoms with Crippen molar-refractivity contribution < 1.29 is 14.0 Å². The number of fused-ring (bicyclic) bond motifs is 1. The molecular weight excluding hydrogens is 357 g/mol. The van der Waals surface area contributed by atoms with E-state index in [-0.39, 0.29) is 29.9 Å². The molecule has 2 aromatic carbocycles. The summed E-state index contributed by atoms with van der Waals surface area (Å²) in [5.74, 6) is -1.57. The Hall–Kier alpha value is -2.44. The van der Waals surface area contributed by atoms with E-state index in [1.54, 1.807) is 6.92 Å². The highest BCUT2D eigenvalue weighted by molar-refractivity contribution is 5.97. The molecule has 2 atom stereocenters. The first-order valence-electron chi connectivity index (χ1n) is 8.19. The fourth-order valence-electron chi connectivity index (χ4n) is 2.87. The lowest BCUT2D eigenvalue weighted by Gasteiger charge is -2.22. The lowest BCUT2D eigenvalue weighted by atomic mass is 9.94. The maximum Gasteiger partial charge on any atom is 0.229 e. The summed E-state index contributed by atoms with van der Waals surface area (Å²) in [5, 5.41) is 5.28. The van der Waals surface area contributed by atoms with Crippen molar-refractivity contribution in [1.82, 2.24) is 0 Å². The summed E-state index contributed by atoms with van der Waals surface area (Å²) >= 11 is 0. The number of amides is 2. The molecule has 5 nitrogen and oxygen atoms in total. The summed E-state index contributed by atoms with van der Waals surface area (Å²) in [6.07, 6.45) is 0.822. The first-order chi connectivity index (χ1) is 12.0. The molecular formula is C19H21ClFN3O2. The van der Waals surface area contributed by atoms with Crippen LogP contribution in [0.3, 0.4) is 0 Å². The highest BCUT2D eigenvalue weighted by Gasteiger charge is 2.24. The van der Waals surface area contributed by atoms with E-state index in [2.05, 4.69) is 10.6 Å². The van der Waals surface area contributed by atoms with Gasteiger partial charge in [0.05, 0.1) is 11.6 Å². The normalized spacial score (nSPS) is 15.1. The number of hydrogen-bond acceptors (Lipinski definition) is 3. The molecule has 1 aliphatic heterocycles. The fraction of sp³-hybridized carbons (Fsp3) is 0.263. The van der Waals surface area contributed by atoms with Crippen LogP contribution in [0, 0.1) is 11.7 Å². The minimum Gasteiger partial charge on any atom is -0.326 e. The lowest BCUT2D eigenvalue weighted by molar-refractivity contribution is -0.120. The molecule has 0 aromatic heterocycles. The molecule has 0 saturated carbocycles. The Kier molecular flexibility index (Phi) is 6.34. The molecule has 4 N–H and O–H groups in total. The van der Waals surface area contributed by atoms with Crippen LogP contribution in [0.2, 0.25) is 0 Å². The average molecular weight is 378 g/mol. The minimum atomic E-state index is -0.549. The largest absolute Gasteiger partial charge is 0.326 e. The summed E-state index contributed by atoms with van der Waals surface area (Å²) in [5.41, 5.74) is 8.29. The van der Waals surface area contributed by atoms with Gasteiger partial charge in [-0.15, -0.1) is 12.4 Å². The van der Waals surface area contributed by atoms with Crippen LogP contribution in [0.4, 0.5) is 15.8 Å². The third kappa shape index (κ3) is 4.20. The van der Waals surface area contributed by atoms with Crippen molar-refractivity contribution in [3.8, 4) is 0 Å². The molecule has 2 amide bonds. The van der Waals surface area contributed by atoms with Gasteiger partial charge >= 0.3 is 0 Å². The molecule has 0 spiro atoms. The van der Waals surface area contributed by atoms with Gasteiger partial charge in [-0.2, -0.15) is 0 Å². The molecule has 0 bridgehead atoms. The van der Waals surface area contributed by atoms with Crippen LogP contribution < -0.4 is 16.4 Å². The quantitative estimate of drug-likeness (QED) is 0.763. The maximum atomic E-state index is 14.3.